The first kappa shape index (κ1) is 16.3. The summed E-state index contributed by atoms with van der Waals surface area (Å²) in [5.41, 5.74) is -0.242. The Balaban J connectivity index is 2.70. The Morgan fingerprint density at radius 2 is 1.41 bits per heavy atom. The molecule has 0 aliphatic rings. The topological polar surface area (TPSA) is 126 Å². The Morgan fingerprint density at radius 3 is 1.91 bits per heavy atom. The Morgan fingerprint density at radius 1 is 0.818 bits per heavy atom. The summed E-state index contributed by atoms with van der Waals surface area (Å²) < 4.78 is 63.0. The number of hydrogen-bond donors (Lipinski definition) is 2. The summed E-state index contributed by atoms with van der Waals surface area (Å²) in [7, 11) is -9.55. The van der Waals surface area contributed by atoms with Crippen molar-refractivity contribution in [1.82, 2.24) is 0 Å². The van der Waals surface area contributed by atoms with E-state index in [4.69, 9.17) is 4.55 Å². The molecule has 2 N–H and O–H groups in total. The molecule has 0 saturated carbocycles. The number of benzene rings is 2. The van der Waals surface area contributed by atoms with Gasteiger partial charge in [0.05, 0.1) is 4.90 Å². The summed E-state index contributed by atoms with van der Waals surface area (Å²) in [5, 5.41) is 0. The molecular weight excluding hydrogens is 332 g/mol. The fourth-order valence-electron chi connectivity index (χ4n) is 1.81. The lowest BCUT2D eigenvalue weighted by Gasteiger charge is -2.08. The highest BCUT2D eigenvalue weighted by Crippen LogP contribution is 2.23. The van der Waals surface area contributed by atoms with E-state index in [1.807, 2.05) is 0 Å². The molecule has 0 bridgehead atoms. The van der Waals surface area contributed by atoms with Crippen molar-refractivity contribution in [3.05, 3.63) is 59.7 Å². The second kappa shape index (κ2) is 5.61. The maximum absolute atomic E-state index is 12.3. The van der Waals surface area contributed by atoms with Crippen LogP contribution in [-0.2, 0) is 20.2 Å². The molecule has 9 heteroatoms. The number of rotatable bonds is 4. The molecule has 0 saturated heterocycles. The van der Waals surface area contributed by atoms with Crippen LogP contribution in [0.5, 0.6) is 0 Å². The Bertz CT molecular complexity index is 930. The summed E-state index contributed by atoms with van der Waals surface area (Å²) >= 11 is 0. The molecule has 0 aliphatic heterocycles. The molecule has 0 aromatic heterocycles. The van der Waals surface area contributed by atoms with Crippen LogP contribution in [0.4, 0.5) is 0 Å². The van der Waals surface area contributed by atoms with Crippen molar-refractivity contribution < 1.29 is 30.7 Å². The predicted molar refractivity (Wildman–Crippen MR) is 75.9 cm³/mol. The fourth-order valence-corrected chi connectivity index (χ4v) is 3.11. The highest BCUT2D eigenvalue weighted by Gasteiger charge is 2.24. The molecule has 22 heavy (non-hydrogen) atoms. The number of carbonyl (C=O) groups is 1. The largest absolute Gasteiger partial charge is 0.295 e. The third-order valence-electron chi connectivity index (χ3n) is 2.81. The van der Waals surface area contributed by atoms with Gasteiger partial charge in [-0.3, -0.25) is 13.9 Å². The Kier molecular flexibility index (Phi) is 4.16. The lowest BCUT2D eigenvalue weighted by atomic mass is 10.0. The molecule has 0 aliphatic carbocycles. The van der Waals surface area contributed by atoms with Gasteiger partial charge in [0.15, 0.2) is 5.78 Å². The molecule has 0 radical (unpaired) electrons. The summed E-state index contributed by atoms with van der Waals surface area (Å²) in [5.74, 6) is -0.713. The first-order chi connectivity index (χ1) is 10.1. The van der Waals surface area contributed by atoms with Gasteiger partial charge in [-0.15, -0.1) is 0 Å². The van der Waals surface area contributed by atoms with Crippen molar-refractivity contribution in [2.24, 2.45) is 0 Å². The van der Waals surface area contributed by atoms with Crippen LogP contribution in [0.25, 0.3) is 0 Å². The van der Waals surface area contributed by atoms with Crippen LogP contribution in [0, 0.1) is 0 Å². The average Bonchev–Trinajstić information content (AvgIpc) is 2.45. The van der Waals surface area contributed by atoms with Gasteiger partial charge in [0, 0.05) is 11.1 Å². The van der Waals surface area contributed by atoms with E-state index >= 15 is 0 Å². The van der Waals surface area contributed by atoms with Crippen LogP contribution in [0.15, 0.2) is 58.3 Å². The summed E-state index contributed by atoms with van der Waals surface area (Å²) in [6, 6.07) is 9.98. The zero-order valence-electron chi connectivity index (χ0n) is 10.9. The van der Waals surface area contributed by atoms with Crippen molar-refractivity contribution in [3.63, 3.8) is 0 Å². The standard InChI is InChI=1S/C13H10O7S2/c14-13(9-4-2-1-3-5-9)11-7-6-10(21(15,16)17)8-12(11)22(18,19)20/h1-8H,(H,15,16,17)(H,18,19,20). The van der Waals surface area contributed by atoms with E-state index in [0.29, 0.717) is 6.07 Å². The lowest BCUT2D eigenvalue weighted by Crippen LogP contribution is -2.11. The van der Waals surface area contributed by atoms with E-state index in [0.717, 1.165) is 12.1 Å². The number of hydrogen-bond acceptors (Lipinski definition) is 5. The van der Waals surface area contributed by atoms with Crippen molar-refractivity contribution >= 4 is 26.0 Å². The lowest BCUT2D eigenvalue weighted by molar-refractivity contribution is 0.103. The first-order valence-corrected chi connectivity index (χ1v) is 8.67. The van der Waals surface area contributed by atoms with Gasteiger partial charge in [-0.1, -0.05) is 30.3 Å². The molecule has 7 nitrogen and oxygen atoms in total. The molecule has 0 fully saturated rings. The van der Waals surface area contributed by atoms with Gasteiger partial charge in [0.25, 0.3) is 20.2 Å². The summed E-state index contributed by atoms with van der Waals surface area (Å²) in [4.78, 5) is 10.6. The van der Waals surface area contributed by atoms with Gasteiger partial charge in [-0.2, -0.15) is 16.8 Å². The van der Waals surface area contributed by atoms with Crippen molar-refractivity contribution in [3.8, 4) is 0 Å². The van der Waals surface area contributed by atoms with Gasteiger partial charge in [-0.25, -0.2) is 0 Å². The van der Waals surface area contributed by atoms with Crippen LogP contribution in [0.2, 0.25) is 0 Å². The van der Waals surface area contributed by atoms with E-state index in [9.17, 15) is 26.2 Å². The third-order valence-corrected chi connectivity index (χ3v) is 4.55. The van der Waals surface area contributed by atoms with Gasteiger partial charge in [0.1, 0.15) is 4.90 Å². The molecule has 0 unspecified atom stereocenters. The minimum Gasteiger partial charge on any atom is -0.289 e. The number of carbonyl (C=O) groups excluding carboxylic acids is 1. The molecule has 0 heterocycles. The summed E-state index contributed by atoms with van der Waals surface area (Å²) in [6.45, 7) is 0. The van der Waals surface area contributed by atoms with Crippen LogP contribution >= 0.6 is 0 Å². The third kappa shape index (κ3) is 3.39. The molecular formula is C13H10O7S2. The van der Waals surface area contributed by atoms with Crippen LogP contribution in [-0.4, -0.2) is 31.7 Å². The second-order valence-corrected chi connectivity index (χ2v) is 7.11. The van der Waals surface area contributed by atoms with Gasteiger partial charge < -0.3 is 0 Å². The Labute approximate surface area is 126 Å². The van der Waals surface area contributed by atoms with Crippen molar-refractivity contribution in [2.45, 2.75) is 9.79 Å². The maximum Gasteiger partial charge on any atom is 0.295 e. The molecule has 2 aromatic carbocycles. The van der Waals surface area contributed by atoms with Crippen molar-refractivity contribution in [1.29, 1.82) is 0 Å². The van der Waals surface area contributed by atoms with E-state index in [1.54, 1.807) is 18.2 Å². The summed E-state index contributed by atoms with van der Waals surface area (Å²) in [6.07, 6.45) is 0. The minimum absolute atomic E-state index is 0.159. The normalized spacial score (nSPS) is 12.1. The predicted octanol–water partition coefficient (Wildman–Crippen LogP) is 1.41. The minimum atomic E-state index is -4.87. The Hall–Kier alpha value is -2.07. The first-order valence-electron chi connectivity index (χ1n) is 5.79. The van der Waals surface area contributed by atoms with E-state index < -0.39 is 41.4 Å². The zero-order valence-corrected chi connectivity index (χ0v) is 12.5. The SMILES string of the molecule is O=C(c1ccccc1)c1ccc(S(=O)(=O)O)cc1S(=O)(=O)O. The van der Waals surface area contributed by atoms with E-state index in [2.05, 4.69) is 0 Å². The molecule has 2 aromatic rings. The second-order valence-electron chi connectivity index (χ2n) is 4.30. The smallest absolute Gasteiger partial charge is 0.289 e. The monoisotopic (exact) mass is 342 g/mol. The van der Waals surface area contributed by atoms with Gasteiger partial charge >= 0.3 is 0 Å². The molecule has 0 amide bonds. The van der Waals surface area contributed by atoms with E-state index in [-0.39, 0.29) is 5.56 Å². The molecule has 116 valence electrons. The zero-order chi connectivity index (χ0) is 16.5. The molecule has 0 spiro atoms. The maximum atomic E-state index is 12.3. The molecule has 0 atom stereocenters. The van der Waals surface area contributed by atoms with Crippen LogP contribution in [0.1, 0.15) is 15.9 Å². The molecule has 2 rings (SSSR count). The van der Waals surface area contributed by atoms with Gasteiger partial charge in [-0.05, 0) is 18.2 Å². The highest BCUT2D eigenvalue weighted by molar-refractivity contribution is 7.86. The average molecular weight is 342 g/mol. The quantitative estimate of drug-likeness (QED) is 0.635. The highest BCUT2D eigenvalue weighted by atomic mass is 32.2. The fraction of sp³-hybridized carbons (Fsp3) is 0. The van der Waals surface area contributed by atoms with Crippen molar-refractivity contribution in [2.75, 3.05) is 0 Å². The van der Waals surface area contributed by atoms with E-state index in [1.165, 1.54) is 12.1 Å². The number of ketones is 1. The van der Waals surface area contributed by atoms with Gasteiger partial charge in [0.2, 0.25) is 0 Å². The van der Waals surface area contributed by atoms with Crippen LogP contribution < -0.4 is 0 Å². The van der Waals surface area contributed by atoms with Crippen LogP contribution in [0.3, 0.4) is 0 Å².